The van der Waals surface area contributed by atoms with E-state index in [2.05, 4.69) is 4.98 Å². The molecule has 0 aliphatic rings. The van der Waals surface area contributed by atoms with Crippen LogP contribution in [-0.2, 0) is 6.54 Å². The highest BCUT2D eigenvalue weighted by Gasteiger charge is 2.12. The summed E-state index contributed by atoms with van der Waals surface area (Å²) in [4.78, 5) is 16.6. The van der Waals surface area contributed by atoms with E-state index in [1.54, 1.807) is 18.5 Å². The van der Waals surface area contributed by atoms with Gasteiger partial charge in [0.15, 0.2) is 0 Å². The molecule has 0 amide bonds. The molecule has 0 unspecified atom stereocenters. The Bertz CT molecular complexity index is 587. The van der Waals surface area contributed by atoms with Crippen molar-refractivity contribution in [3.8, 4) is 0 Å². The van der Waals surface area contributed by atoms with Crippen LogP contribution in [0.15, 0.2) is 42.7 Å². The number of pyridine rings is 1. The lowest BCUT2D eigenvalue weighted by Crippen LogP contribution is -2.17. The van der Waals surface area contributed by atoms with E-state index in [9.17, 15) is 9.18 Å². The summed E-state index contributed by atoms with van der Waals surface area (Å²) in [5, 5.41) is 8.77. The fraction of sp³-hybridized carbons (Fsp3) is 0.143. The van der Waals surface area contributed by atoms with Crippen LogP contribution in [-0.4, -0.2) is 23.1 Å². The van der Waals surface area contributed by atoms with Gasteiger partial charge in [-0.2, -0.15) is 0 Å². The van der Waals surface area contributed by atoms with Crippen molar-refractivity contribution < 1.29 is 14.3 Å². The summed E-state index contributed by atoms with van der Waals surface area (Å²) in [6.45, 7) is 0.569. The lowest BCUT2D eigenvalue weighted by atomic mass is 10.1. The zero-order valence-corrected chi connectivity index (χ0v) is 10.4. The van der Waals surface area contributed by atoms with Crippen molar-refractivity contribution in [1.82, 2.24) is 4.98 Å². The van der Waals surface area contributed by atoms with Crippen LogP contribution in [0, 0.1) is 5.82 Å². The van der Waals surface area contributed by atoms with Crippen LogP contribution in [0.1, 0.15) is 15.9 Å². The number of nitrogens with zero attached hydrogens (tertiary/aromatic N) is 2. The van der Waals surface area contributed by atoms with Crippen molar-refractivity contribution in [2.45, 2.75) is 6.54 Å². The third-order valence-corrected chi connectivity index (χ3v) is 2.77. The minimum Gasteiger partial charge on any atom is -0.478 e. The first-order chi connectivity index (χ1) is 9.08. The Balaban J connectivity index is 2.18. The van der Waals surface area contributed by atoms with Crippen molar-refractivity contribution in [3.63, 3.8) is 0 Å². The Labute approximate surface area is 110 Å². The zero-order chi connectivity index (χ0) is 13.8. The van der Waals surface area contributed by atoms with Crippen LogP contribution in [0.2, 0.25) is 0 Å². The molecule has 1 N–H and O–H groups in total. The molecule has 4 nitrogen and oxygen atoms in total. The number of rotatable bonds is 4. The monoisotopic (exact) mass is 260 g/mol. The highest BCUT2D eigenvalue weighted by Crippen LogP contribution is 2.19. The van der Waals surface area contributed by atoms with Gasteiger partial charge in [0.2, 0.25) is 0 Å². The summed E-state index contributed by atoms with van der Waals surface area (Å²) >= 11 is 0. The number of benzene rings is 1. The van der Waals surface area contributed by atoms with E-state index in [1.807, 2.05) is 24.1 Å². The Morgan fingerprint density at radius 3 is 2.79 bits per heavy atom. The van der Waals surface area contributed by atoms with Gasteiger partial charge in [0.05, 0.1) is 5.56 Å². The van der Waals surface area contributed by atoms with Crippen LogP contribution >= 0.6 is 0 Å². The quantitative estimate of drug-likeness (QED) is 0.917. The van der Waals surface area contributed by atoms with Gasteiger partial charge >= 0.3 is 5.97 Å². The van der Waals surface area contributed by atoms with E-state index in [0.717, 1.165) is 5.56 Å². The molecular weight excluding hydrogens is 247 g/mol. The molecule has 0 spiro atoms. The first-order valence-electron chi connectivity index (χ1n) is 5.71. The number of carbonyl (C=O) groups is 1. The maximum absolute atomic E-state index is 13.6. The molecule has 2 rings (SSSR count). The standard InChI is InChI=1S/C14H13FN2O2/c1-17(9-10-3-2-6-16-8-10)11-4-5-12(14(18)19)13(15)7-11/h2-8H,9H2,1H3,(H,18,19). The third kappa shape index (κ3) is 3.07. The van der Waals surface area contributed by atoms with Crippen molar-refractivity contribution in [2.75, 3.05) is 11.9 Å². The normalized spacial score (nSPS) is 10.2. The summed E-state index contributed by atoms with van der Waals surface area (Å²) in [5.74, 6) is -2.00. The molecule has 0 bridgehead atoms. The lowest BCUT2D eigenvalue weighted by molar-refractivity contribution is 0.0692. The minimum absolute atomic E-state index is 0.321. The summed E-state index contributed by atoms with van der Waals surface area (Å²) in [5.41, 5.74) is 1.29. The molecule has 1 aromatic carbocycles. The number of aromatic carboxylic acids is 1. The number of hydrogen-bond acceptors (Lipinski definition) is 3. The van der Waals surface area contributed by atoms with Gasteiger partial charge in [-0.25, -0.2) is 9.18 Å². The van der Waals surface area contributed by atoms with Crippen molar-refractivity contribution in [3.05, 3.63) is 59.7 Å². The Hall–Kier alpha value is -2.43. The molecule has 0 atom stereocenters. The van der Waals surface area contributed by atoms with Crippen LogP contribution < -0.4 is 4.90 Å². The van der Waals surface area contributed by atoms with Crippen LogP contribution in [0.3, 0.4) is 0 Å². The van der Waals surface area contributed by atoms with Gasteiger partial charge in [0.25, 0.3) is 0 Å². The fourth-order valence-electron chi connectivity index (χ4n) is 1.77. The molecule has 98 valence electrons. The summed E-state index contributed by atoms with van der Waals surface area (Å²) in [6.07, 6.45) is 3.42. The van der Waals surface area contributed by atoms with Gasteiger partial charge < -0.3 is 10.0 Å². The molecule has 19 heavy (non-hydrogen) atoms. The van der Waals surface area contributed by atoms with Gasteiger partial charge in [0.1, 0.15) is 5.82 Å². The largest absolute Gasteiger partial charge is 0.478 e. The SMILES string of the molecule is CN(Cc1cccnc1)c1ccc(C(=O)O)c(F)c1. The zero-order valence-electron chi connectivity index (χ0n) is 10.4. The average molecular weight is 260 g/mol. The Kier molecular flexibility index (Phi) is 3.75. The lowest BCUT2D eigenvalue weighted by Gasteiger charge is -2.19. The number of halogens is 1. The molecule has 1 aromatic heterocycles. The van der Waals surface area contributed by atoms with Crippen molar-refractivity contribution in [1.29, 1.82) is 0 Å². The van der Waals surface area contributed by atoms with Crippen LogP contribution in [0.5, 0.6) is 0 Å². The number of carboxylic acids is 1. The Morgan fingerprint density at radius 1 is 1.42 bits per heavy atom. The van der Waals surface area contributed by atoms with Crippen LogP contribution in [0.25, 0.3) is 0 Å². The van der Waals surface area contributed by atoms with E-state index in [4.69, 9.17) is 5.11 Å². The molecule has 0 fully saturated rings. The van der Waals surface area contributed by atoms with E-state index >= 15 is 0 Å². The van der Waals surface area contributed by atoms with Gasteiger partial charge in [-0.05, 0) is 29.8 Å². The molecular formula is C14H13FN2O2. The summed E-state index contributed by atoms with van der Waals surface area (Å²) in [7, 11) is 1.81. The molecule has 0 saturated carbocycles. The van der Waals surface area contributed by atoms with Gasteiger partial charge in [-0.3, -0.25) is 4.98 Å². The molecule has 0 aliphatic heterocycles. The average Bonchev–Trinajstić information content (AvgIpc) is 2.39. The molecule has 0 radical (unpaired) electrons. The third-order valence-electron chi connectivity index (χ3n) is 2.77. The molecule has 0 saturated heterocycles. The summed E-state index contributed by atoms with van der Waals surface area (Å²) in [6, 6.07) is 7.83. The molecule has 0 aliphatic carbocycles. The van der Waals surface area contributed by atoms with Gasteiger partial charge in [0, 0.05) is 31.7 Å². The number of hydrogen-bond donors (Lipinski definition) is 1. The molecule has 1 heterocycles. The first-order valence-corrected chi connectivity index (χ1v) is 5.71. The van der Waals surface area contributed by atoms with Gasteiger partial charge in [-0.15, -0.1) is 0 Å². The number of carboxylic acid groups (broad SMARTS) is 1. The molecule has 2 aromatic rings. The Morgan fingerprint density at radius 2 is 2.21 bits per heavy atom. The number of anilines is 1. The second-order valence-corrected chi connectivity index (χ2v) is 4.19. The number of aromatic nitrogens is 1. The van der Waals surface area contributed by atoms with E-state index in [1.165, 1.54) is 12.1 Å². The van der Waals surface area contributed by atoms with E-state index in [0.29, 0.717) is 12.2 Å². The highest BCUT2D eigenvalue weighted by molar-refractivity contribution is 5.88. The van der Waals surface area contributed by atoms with E-state index in [-0.39, 0.29) is 5.56 Å². The minimum atomic E-state index is -1.26. The topological polar surface area (TPSA) is 53.4 Å². The maximum Gasteiger partial charge on any atom is 0.338 e. The second-order valence-electron chi connectivity index (χ2n) is 4.19. The van der Waals surface area contributed by atoms with Crippen LogP contribution in [0.4, 0.5) is 10.1 Å². The highest BCUT2D eigenvalue weighted by atomic mass is 19.1. The molecule has 5 heteroatoms. The first kappa shape index (κ1) is 13.0. The predicted molar refractivity (Wildman–Crippen MR) is 69.7 cm³/mol. The van der Waals surface area contributed by atoms with E-state index < -0.39 is 11.8 Å². The fourth-order valence-corrected chi connectivity index (χ4v) is 1.77. The second kappa shape index (κ2) is 5.48. The maximum atomic E-state index is 13.6. The predicted octanol–water partition coefficient (Wildman–Crippen LogP) is 2.56. The van der Waals surface area contributed by atoms with Crippen molar-refractivity contribution in [2.24, 2.45) is 0 Å². The van der Waals surface area contributed by atoms with Crippen molar-refractivity contribution >= 4 is 11.7 Å². The summed E-state index contributed by atoms with van der Waals surface area (Å²) < 4.78 is 13.6. The van der Waals surface area contributed by atoms with Gasteiger partial charge in [-0.1, -0.05) is 6.07 Å². The smallest absolute Gasteiger partial charge is 0.338 e.